The third-order valence-electron chi connectivity index (χ3n) is 3.79. The van der Waals surface area contributed by atoms with Crippen molar-refractivity contribution < 1.29 is 21.6 Å². The van der Waals surface area contributed by atoms with Gasteiger partial charge in [0.2, 0.25) is 10.0 Å². The molecule has 0 aliphatic carbocycles. The first-order chi connectivity index (χ1) is 11.1. The van der Waals surface area contributed by atoms with Gasteiger partial charge in [0.15, 0.2) is 0 Å². The first-order valence-electron chi connectivity index (χ1n) is 7.77. The minimum atomic E-state index is -4.51. The smallest absolute Gasteiger partial charge is 0.268 e. The molecule has 0 aromatic heterocycles. The average molecular weight is 374 g/mol. The fourth-order valence-corrected chi connectivity index (χ4v) is 7.09. The standard InChI is InChI=1S/C15H22N2O5S2/c1-5-6-10-23(19,20)17-14-12(4)8-7-9-13(14)15(18)16(11(2)3)24(17,21)22/h7-9,11H,5-6,10H2,1-4H3. The minimum absolute atomic E-state index is 0.0597. The molecule has 1 aliphatic heterocycles. The summed E-state index contributed by atoms with van der Waals surface area (Å²) in [6.07, 6.45) is 0.950. The maximum atomic E-state index is 12.9. The van der Waals surface area contributed by atoms with Gasteiger partial charge in [-0.1, -0.05) is 25.5 Å². The van der Waals surface area contributed by atoms with E-state index in [2.05, 4.69) is 0 Å². The zero-order valence-corrected chi connectivity index (χ0v) is 15.8. The Kier molecular flexibility index (Phi) is 4.96. The number of nitrogens with zero attached hydrogens (tertiary/aromatic N) is 2. The third kappa shape index (κ3) is 2.90. The van der Waals surface area contributed by atoms with Gasteiger partial charge < -0.3 is 0 Å². The zero-order chi connectivity index (χ0) is 18.3. The molecule has 1 amide bonds. The molecule has 134 valence electrons. The number of unbranched alkanes of at least 4 members (excludes halogenated alkanes) is 1. The summed E-state index contributed by atoms with van der Waals surface area (Å²) in [5, 5.41) is 0. The molecule has 0 spiro atoms. The van der Waals surface area contributed by atoms with E-state index in [1.165, 1.54) is 19.9 Å². The Bertz CT molecular complexity index is 860. The normalized spacial score (nSPS) is 17.3. The molecule has 24 heavy (non-hydrogen) atoms. The summed E-state index contributed by atoms with van der Waals surface area (Å²) in [6.45, 7) is 6.48. The zero-order valence-electron chi connectivity index (χ0n) is 14.2. The molecule has 0 saturated carbocycles. The summed E-state index contributed by atoms with van der Waals surface area (Å²) in [7, 11) is -8.64. The Morgan fingerprint density at radius 2 is 1.83 bits per heavy atom. The number of rotatable bonds is 5. The first-order valence-corrected chi connectivity index (χ1v) is 10.8. The van der Waals surface area contributed by atoms with E-state index in [9.17, 15) is 21.6 Å². The highest BCUT2D eigenvalue weighted by Gasteiger charge is 2.48. The second kappa shape index (κ2) is 6.36. The average Bonchev–Trinajstić information content (AvgIpc) is 2.45. The predicted molar refractivity (Wildman–Crippen MR) is 92.6 cm³/mol. The van der Waals surface area contributed by atoms with E-state index < -0.39 is 32.2 Å². The Hall–Kier alpha value is -1.61. The van der Waals surface area contributed by atoms with Crippen molar-refractivity contribution in [3.05, 3.63) is 29.3 Å². The molecule has 7 nitrogen and oxygen atoms in total. The van der Waals surface area contributed by atoms with Gasteiger partial charge in [0.1, 0.15) is 0 Å². The van der Waals surface area contributed by atoms with Crippen LogP contribution in [0.4, 0.5) is 5.69 Å². The number of carbonyl (C=O) groups excluding carboxylic acids is 1. The second-order valence-corrected chi connectivity index (χ2v) is 9.86. The van der Waals surface area contributed by atoms with Gasteiger partial charge in [0, 0.05) is 6.04 Å². The van der Waals surface area contributed by atoms with Crippen molar-refractivity contribution in [3.8, 4) is 0 Å². The quantitative estimate of drug-likeness (QED) is 0.786. The molecule has 1 aromatic carbocycles. The van der Waals surface area contributed by atoms with Gasteiger partial charge >= 0.3 is 10.2 Å². The third-order valence-corrected chi connectivity index (χ3v) is 8.21. The maximum Gasteiger partial charge on any atom is 0.342 e. The lowest BCUT2D eigenvalue weighted by Crippen LogP contribution is -2.56. The fraction of sp³-hybridized carbons (Fsp3) is 0.533. The van der Waals surface area contributed by atoms with E-state index >= 15 is 0 Å². The summed E-state index contributed by atoms with van der Waals surface area (Å²) < 4.78 is 52.5. The molecule has 2 rings (SSSR count). The van der Waals surface area contributed by atoms with Crippen LogP contribution >= 0.6 is 0 Å². The summed E-state index contributed by atoms with van der Waals surface area (Å²) in [5.41, 5.74) is 0.446. The Morgan fingerprint density at radius 1 is 1.21 bits per heavy atom. The van der Waals surface area contributed by atoms with Crippen LogP contribution in [-0.4, -0.2) is 38.8 Å². The number of sulfonamides is 1. The van der Waals surface area contributed by atoms with E-state index in [0.717, 1.165) is 0 Å². The Labute approximate surface area is 143 Å². The topological polar surface area (TPSA) is 91.8 Å². The lowest BCUT2D eigenvalue weighted by molar-refractivity contribution is 0.0833. The van der Waals surface area contributed by atoms with Crippen LogP contribution in [0, 0.1) is 6.92 Å². The Morgan fingerprint density at radius 3 is 2.38 bits per heavy atom. The molecule has 9 heteroatoms. The van der Waals surface area contributed by atoms with Gasteiger partial charge in [0.25, 0.3) is 5.91 Å². The molecule has 1 aromatic rings. The molecule has 0 fully saturated rings. The van der Waals surface area contributed by atoms with Crippen molar-refractivity contribution in [3.63, 3.8) is 0 Å². The summed E-state index contributed by atoms with van der Waals surface area (Å²) in [4.78, 5) is 12.6. The van der Waals surface area contributed by atoms with Gasteiger partial charge in [-0.05, 0) is 38.8 Å². The highest BCUT2D eigenvalue weighted by Crippen LogP contribution is 2.38. The molecule has 0 radical (unpaired) electrons. The van der Waals surface area contributed by atoms with Gasteiger partial charge in [-0.3, -0.25) is 4.79 Å². The summed E-state index contributed by atoms with van der Waals surface area (Å²) in [5.74, 6) is -0.998. The molecule has 0 bridgehead atoms. The van der Waals surface area contributed by atoms with Crippen LogP contribution in [0.3, 0.4) is 0 Å². The second-order valence-electron chi connectivity index (χ2n) is 6.04. The van der Waals surface area contributed by atoms with E-state index in [1.54, 1.807) is 19.1 Å². The molecule has 1 heterocycles. The van der Waals surface area contributed by atoms with Gasteiger partial charge in [-0.15, -0.1) is 3.71 Å². The number of carbonyl (C=O) groups is 1. The number of para-hydroxylation sites is 1. The van der Waals surface area contributed by atoms with E-state index in [-0.39, 0.29) is 17.0 Å². The van der Waals surface area contributed by atoms with Gasteiger partial charge in [0.05, 0.1) is 17.0 Å². The van der Waals surface area contributed by atoms with Crippen molar-refractivity contribution in [2.24, 2.45) is 0 Å². The van der Waals surface area contributed by atoms with Gasteiger partial charge in [-0.25, -0.2) is 12.7 Å². The number of anilines is 1. The van der Waals surface area contributed by atoms with Crippen molar-refractivity contribution in [1.29, 1.82) is 0 Å². The van der Waals surface area contributed by atoms with E-state index in [1.807, 2.05) is 6.92 Å². The highest BCUT2D eigenvalue weighted by atomic mass is 32.3. The number of hydrogen-bond acceptors (Lipinski definition) is 5. The fourth-order valence-electron chi connectivity index (χ4n) is 2.69. The van der Waals surface area contributed by atoms with Crippen molar-refractivity contribution in [2.45, 2.75) is 46.6 Å². The number of benzene rings is 1. The van der Waals surface area contributed by atoms with E-state index in [4.69, 9.17) is 0 Å². The number of fused-ring (bicyclic) bond motifs is 1. The lowest BCUT2D eigenvalue weighted by Gasteiger charge is -2.38. The van der Waals surface area contributed by atoms with Crippen LogP contribution in [0.25, 0.3) is 0 Å². The molecular weight excluding hydrogens is 352 g/mol. The Balaban J connectivity index is 2.81. The number of amides is 1. The predicted octanol–water partition coefficient (Wildman–Crippen LogP) is 2.04. The van der Waals surface area contributed by atoms with Gasteiger partial charge in [-0.2, -0.15) is 8.42 Å². The number of aryl methyl sites for hydroxylation is 1. The van der Waals surface area contributed by atoms with Crippen LogP contribution < -0.4 is 3.71 Å². The molecule has 0 unspecified atom stereocenters. The SMILES string of the molecule is CCCCS(=O)(=O)N1c2c(C)cccc2C(=O)N(C(C)C)S1(=O)=O. The van der Waals surface area contributed by atoms with Crippen LogP contribution in [-0.2, 0) is 20.2 Å². The monoisotopic (exact) mass is 374 g/mol. The molecular formula is C15H22N2O5S2. The summed E-state index contributed by atoms with van der Waals surface area (Å²) >= 11 is 0. The number of hydrogen-bond donors (Lipinski definition) is 0. The van der Waals surface area contributed by atoms with Crippen molar-refractivity contribution in [1.82, 2.24) is 4.31 Å². The molecule has 0 saturated heterocycles. The maximum absolute atomic E-state index is 12.9. The van der Waals surface area contributed by atoms with Crippen molar-refractivity contribution >= 4 is 31.8 Å². The molecule has 1 aliphatic rings. The summed E-state index contributed by atoms with van der Waals surface area (Å²) in [6, 6.07) is 3.96. The molecule has 0 N–H and O–H groups in total. The minimum Gasteiger partial charge on any atom is -0.268 e. The highest BCUT2D eigenvalue weighted by molar-refractivity contribution is 8.09. The molecule has 0 atom stereocenters. The van der Waals surface area contributed by atoms with Crippen LogP contribution in [0.5, 0.6) is 0 Å². The van der Waals surface area contributed by atoms with Crippen LogP contribution in [0.15, 0.2) is 18.2 Å². The largest absolute Gasteiger partial charge is 0.342 e. The first kappa shape index (κ1) is 18.7. The van der Waals surface area contributed by atoms with E-state index in [0.29, 0.717) is 26.4 Å². The van der Waals surface area contributed by atoms with Crippen LogP contribution in [0.1, 0.15) is 49.5 Å². The lowest BCUT2D eigenvalue weighted by atomic mass is 10.1. The van der Waals surface area contributed by atoms with Crippen molar-refractivity contribution in [2.75, 3.05) is 9.46 Å². The van der Waals surface area contributed by atoms with Crippen LogP contribution in [0.2, 0.25) is 0 Å².